The number of allylic oxidation sites excluding steroid dienone is 2. The number of benzene rings is 2. The van der Waals surface area contributed by atoms with E-state index in [1.807, 2.05) is 62.4 Å². The van der Waals surface area contributed by atoms with Crippen LogP contribution in [0.4, 0.5) is 4.79 Å². The van der Waals surface area contributed by atoms with Crippen molar-refractivity contribution in [3.05, 3.63) is 70.9 Å². The van der Waals surface area contributed by atoms with Crippen molar-refractivity contribution < 1.29 is 29.0 Å². The quantitative estimate of drug-likeness (QED) is 0.257. The number of carbonyl (C=O) groups excluding carboxylic acids is 3. The number of amides is 1. The van der Waals surface area contributed by atoms with E-state index in [2.05, 4.69) is 5.32 Å². The smallest absolute Gasteiger partial charge is 0.411 e. The summed E-state index contributed by atoms with van der Waals surface area (Å²) in [6, 6.07) is 13.7. The highest BCUT2D eigenvalue weighted by atomic mass is 16.5. The number of rotatable bonds is 9. The molecule has 4 rings (SSSR count). The van der Waals surface area contributed by atoms with Gasteiger partial charge in [-0.3, -0.25) is 14.5 Å². The molecular formula is C31H36N2O6. The number of carboxylic acids is 1. The van der Waals surface area contributed by atoms with Gasteiger partial charge in [0.25, 0.3) is 0 Å². The second-order valence-electron chi connectivity index (χ2n) is 11.1. The average molecular weight is 533 g/mol. The summed E-state index contributed by atoms with van der Waals surface area (Å²) in [5.41, 5.74) is 4.15. The molecule has 2 aromatic carbocycles. The van der Waals surface area contributed by atoms with E-state index < -0.39 is 24.1 Å². The van der Waals surface area contributed by atoms with E-state index in [0.717, 1.165) is 22.3 Å². The van der Waals surface area contributed by atoms with E-state index in [1.54, 1.807) is 6.92 Å². The van der Waals surface area contributed by atoms with Crippen LogP contribution in [0.3, 0.4) is 0 Å². The maximum atomic E-state index is 13.1. The highest BCUT2D eigenvalue weighted by Crippen LogP contribution is 2.47. The van der Waals surface area contributed by atoms with Gasteiger partial charge in [-0.05, 0) is 53.9 Å². The molecule has 1 atom stereocenters. The molecule has 0 heterocycles. The Kier molecular flexibility index (Phi) is 8.23. The Bertz CT molecular complexity index is 1260. The van der Waals surface area contributed by atoms with E-state index >= 15 is 0 Å². The highest BCUT2D eigenvalue weighted by molar-refractivity contribution is 6.22. The van der Waals surface area contributed by atoms with Crippen molar-refractivity contribution in [2.24, 2.45) is 5.41 Å². The van der Waals surface area contributed by atoms with Crippen molar-refractivity contribution in [1.82, 2.24) is 10.2 Å². The molecule has 0 radical (unpaired) electrons. The van der Waals surface area contributed by atoms with E-state index in [-0.39, 0.29) is 29.0 Å². The fraction of sp³-hybridized carbons (Fsp3) is 0.419. The van der Waals surface area contributed by atoms with Gasteiger partial charge in [-0.25, -0.2) is 9.59 Å². The van der Waals surface area contributed by atoms with Crippen LogP contribution >= 0.6 is 0 Å². The molecule has 1 saturated carbocycles. The largest absolute Gasteiger partial charge is 0.480 e. The minimum absolute atomic E-state index is 0.141. The molecule has 2 aliphatic rings. The van der Waals surface area contributed by atoms with Crippen LogP contribution in [-0.4, -0.2) is 53.3 Å². The van der Waals surface area contributed by atoms with E-state index in [4.69, 9.17) is 4.74 Å². The zero-order chi connectivity index (χ0) is 28.3. The molecule has 2 aromatic rings. The van der Waals surface area contributed by atoms with Crippen LogP contribution in [0.25, 0.3) is 11.1 Å². The first-order chi connectivity index (χ1) is 18.6. The average Bonchev–Trinajstić information content (AvgIpc) is 3.20. The molecule has 39 heavy (non-hydrogen) atoms. The fourth-order valence-electron chi connectivity index (χ4n) is 5.84. The van der Waals surface area contributed by atoms with Crippen molar-refractivity contribution in [3.8, 4) is 11.1 Å². The van der Waals surface area contributed by atoms with Crippen LogP contribution in [0.5, 0.6) is 0 Å². The topological polar surface area (TPSA) is 113 Å². The number of nitrogens with zero attached hydrogens (tertiary/aromatic N) is 1. The second kappa shape index (κ2) is 11.4. The summed E-state index contributed by atoms with van der Waals surface area (Å²) in [5, 5.41) is 13.4. The number of nitrogens with one attached hydrogen (secondary N) is 1. The third-order valence-electron chi connectivity index (χ3n) is 7.59. The van der Waals surface area contributed by atoms with Crippen LogP contribution in [0.1, 0.15) is 70.0 Å². The number of aliphatic carboxylic acids is 1. The molecular weight excluding hydrogens is 496 g/mol. The lowest BCUT2D eigenvalue weighted by molar-refractivity contribution is -0.143. The molecule has 1 fully saturated rings. The zero-order valence-electron chi connectivity index (χ0n) is 23.0. The second-order valence-corrected chi connectivity index (χ2v) is 11.1. The Labute approximate surface area is 229 Å². The minimum Gasteiger partial charge on any atom is -0.480 e. The number of carbonyl (C=O) groups is 4. The first-order valence-electron chi connectivity index (χ1n) is 13.3. The van der Waals surface area contributed by atoms with Crippen LogP contribution in [0.15, 0.2) is 59.8 Å². The maximum Gasteiger partial charge on any atom is 0.411 e. The van der Waals surface area contributed by atoms with Gasteiger partial charge in [0.15, 0.2) is 11.6 Å². The minimum atomic E-state index is -1.11. The third-order valence-corrected chi connectivity index (χ3v) is 7.59. The van der Waals surface area contributed by atoms with Crippen molar-refractivity contribution >= 4 is 23.6 Å². The summed E-state index contributed by atoms with van der Waals surface area (Å²) in [7, 11) is 1.26. The number of ether oxygens (including phenoxy) is 1. The fourth-order valence-corrected chi connectivity index (χ4v) is 5.84. The van der Waals surface area contributed by atoms with Crippen LogP contribution in [-0.2, 0) is 19.1 Å². The van der Waals surface area contributed by atoms with Crippen molar-refractivity contribution in [1.29, 1.82) is 0 Å². The molecule has 8 nitrogen and oxygen atoms in total. The summed E-state index contributed by atoms with van der Waals surface area (Å²) in [4.78, 5) is 52.0. The summed E-state index contributed by atoms with van der Waals surface area (Å²) in [5.74, 6) is -1.38. The maximum absolute atomic E-state index is 13.1. The summed E-state index contributed by atoms with van der Waals surface area (Å²) < 4.78 is 5.09. The molecule has 0 aliphatic heterocycles. The number of hydrogen-bond acceptors (Lipinski definition) is 6. The van der Waals surface area contributed by atoms with Gasteiger partial charge >= 0.3 is 12.1 Å². The van der Waals surface area contributed by atoms with E-state index in [9.17, 15) is 24.3 Å². The molecule has 2 aliphatic carbocycles. The highest BCUT2D eigenvalue weighted by Gasteiger charge is 2.42. The summed E-state index contributed by atoms with van der Waals surface area (Å²) in [6.07, 6.45) is 1.29. The summed E-state index contributed by atoms with van der Waals surface area (Å²) >= 11 is 0. The standard InChI is InChI=1S/C31H36N2O6/c1-19(27-25(34)17-31(2,3)18-26(27)35)32-16-10-9-15-24(29(36)37)33(30(38)39-4)28-22-13-7-5-11-20(22)21-12-6-8-14-23(21)28/h5-8,11-14,24,28,32H,9-10,15-18H2,1-4H3,(H,36,37)/t24-/m0/s1. The first-order valence-corrected chi connectivity index (χ1v) is 13.3. The van der Waals surface area contributed by atoms with Gasteiger partial charge in [0.1, 0.15) is 6.04 Å². The van der Waals surface area contributed by atoms with Gasteiger partial charge in [0, 0.05) is 25.1 Å². The molecule has 0 aromatic heterocycles. The number of ketones is 2. The number of methoxy groups -OCH3 is 1. The number of Topliss-reactive ketones (excluding diaryl/α,β-unsaturated/α-hetero) is 2. The van der Waals surface area contributed by atoms with Crippen molar-refractivity contribution in [2.45, 2.75) is 65.0 Å². The Hall–Kier alpha value is -3.94. The predicted molar refractivity (Wildman–Crippen MR) is 147 cm³/mol. The van der Waals surface area contributed by atoms with Gasteiger partial charge in [-0.15, -0.1) is 0 Å². The predicted octanol–water partition coefficient (Wildman–Crippen LogP) is 5.27. The van der Waals surface area contributed by atoms with Gasteiger partial charge in [-0.1, -0.05) is 62.4 Å². The molecule has 1 amide bonds. The molecule has 0 spiro atoms. The Morgan fingerprint density at radius 1 is 1.00 bits per heavy atom. The lowest BCUT2D eigenvalue weighted by Gasteiger charge is -2.34. The number of carboxylic acid groups (broad SMARTS) is 1. The van der Waals surface area contributed by atoms with Crippen molar-refractivity contribution in [2.75, 3.05) is 13.7 Å². The van der Waals surface area contributed by atoms with Gasteiger partial charge in [-0.2, -0.15) is 0 Å². The Balaban J connectivity index is 1.48. The van der Waals surface area contributed by atoms with Crippen LogP contribution in [0.2, 0.25) is 0 Å². The van der Waals surface area contributed by atoms with Gasteiger partial charge < -0.3 is 15.2 Å². The molecule has 2 N–H and O–H groups in total. The number of fused-ring (bicyclic) bond motifs is 3. The van der Waals surface area contributed by atoms with Crippen LogP contribution < -0.4 is 5.32 Å². The van der Waals surface area contributed by atoms with Crippen molar-refractivity contribution in [3.63, 3.8) is 0 Å². The molecule has 8 heteroatoms. The van der Waals surface area contributed by atoms with Gasteiger partial charge in [0.2, 0.25) is 0 Å². The Morgan fingerprint density at radius 2 is 1.54 bits per heavy atom. The monoisotopic (exact) mass is 532 g/mol. The van der Waals surface area contributed by atoms with E-state index in [0.29, 0.717) is 37.9 Å². The SMILES string of the molecule is COC(=O)N(C1c2ccccc2-c2ccccc21)[C@@H](CCCCNC(C)=C1C(=O)CC(C)(C)CC1=O)C(=O)O. The third kappa shape index (κ3) is 5.75. The van der Waals surface area contributed by atoms with Crippen LogP contribution in [0, 0.1) is 5.41 Å². The lowest BCUT2D eigenvalue weighted by atomic mass is 9.73. The first kappa shape index (κ1) is 28.1. The molecule has 0 unspecified atom stereocenters. The van der Waals surface area contributed by atoms with E-state index in [1.165, 1.54) is 12.0 Å². The van der Waals surface area contributed by atoms with Gasteiger partial charge in [0.05, 0.1) is 18.7 Å². The molecule has 0 bridgehead atoms. The molecule has 0 saturated heterocycles. The normalized spacial score (nSPS) is 16.8. The molecule has 206 valence electrons. The lowest BCUT2D eigenvalue weighted by Crippen LogP contribution is -2.47. The zero-order valence-corrected chi connectivity index (χ0v) is 23.0. The number of unbranched alkanes of at least 4 members (excludes halogenated alkanes) is 1. The Morgan fingerprint density at radius 3 is 2.05 bits per heavy atom. The summed E-state index contributed by atoms with van der Waals surface area (Å²) in [6.45, 7) is 6.04. The number of hydrogen-bond donors (Lipinski definition) is 2.